The lowest BCUT2D eigenvalue weighted by Crippen LogP contribution is -2.61. The van der Waals surface area contributed by atoms with E-state index in [0.717, 1.165) is 44.0 Å². The van der Waals surface area contributed by atoms with Gasteiger partial charge in [-0.2, -0.15) is 0 Å². The van der Waals surface area contributed by atoms with E-state index in [2.05, 4.69) is 43.6 Å². The first-order valence-corrected chi connectivity index (χ1v) is 9.81. The second kappa shape index (κ2) is 10.1. The number of anilines is 1. The van der Waals surface area contributed by atoms with Gasteiger partial charge in [0.1, 0.15) is 12.0 Å². The Morgan fingerprint density at radius 2 is 2.12 bits per heavy atom. The molecule has 3 rings (SSSR count). The molecule has 2 heterocycles. The third kappa shape index (κ3) is 5.56. The Morgan fingerprint density at radius 3 is 2.88 bits per heavy atom. The van der Waals surface area contributed by atoms with Gasteiger partial charge in [0.15, 0.2) is 0 Å². The van der Waals surface area contributed by atoms with Crippen LogP contribution in [0.2, 0.25) is 0 Å². The second-order valence-corrected chi connectivity index (χ2v) is 7.08. The normalized spacial score (nSPS) is 23.9. The molecule has 2 unspecified atom stereocenters. The highest BCUT2D eigenvalue weighted by Gasteiger charge is 2.18. The van der Waals surface area contributed by atoms with Crippen molar-refractivity contribution in [1.29, 1.82) is 0 Å². The van der Waals surface area contributed by atoms with Crippen molar-refractivity contribution in [2.75, 3.05) is 52.2 Å². The summed E-state index contributed by atoms with van der Waals surface area (Å²) >= 11 is 0. The summed E-state index contributed by atoms with van der Waals surface area (Å²) in [4.78, 5) is 2.53. The molecule has 0 bridgehead atoms. The standard InChI is InChI=1S/C19H34N6O/c1-20-18-7-8-22-19(24-18)23-16-5-6-17(26-2)15(13-16)14-21-9-12-25-10-3-4-11-25/h5-6,13,18-24H,3-4,7-12,14H2,1-2H3. The molecule has 2 atom stereocenters. The van der Waals surface area contributed by atoms with Crippen molar-refractivity contribution >= 4 is 5.69 Å². The number of nitrogens with zero attached hydrogens (tertiary/aromatic N) is 1. The largest absolute Gasteiger partial charge is 0.496 e. The molecular weight excluding hydrogens is 328 g/mol. The SMILES string of the molecule is CNC1CCNC(Nc2ccc(OC)c(CNCCN3CCCC3)c2)N1. The number of rotatable bonds is 9. The van der Waals surface area contributed by atoms with Gasteiger partial charge < -0.3 is 25.6 Å². The van der Waals surface area contributed by atoms with Crippen molar-refractivity contribution in [3.8, 4) is 5.75 Å². The van der Waals surface area contributed by atoms with Crippen LogP contribution < -0.4 is 31.3 Å². The maximum atomic E-state index is 5.54. The molecule has 1 aromatic carbocycles. The summed E-state index contributed by atoms with van der Waals surface area (Å²) in [6.45, 7) is 6.44. The van der Waals surface area contributed by atoms with Crippen LogP contribution in [0.1, 0.15) is 24.8 Å². The minimum absolute atomic E-state index is 0.0607. The molecule has 26 heavy (non-hydrogen) atoms. The van der Waals surface area contributed by atoms with E-state index in [-0.39, 0.29) is 6.29 Å². The Labute approximate surface area is 157 Å². The van der Waals surface area contributed by atoms with Crippen molar-refractivity contribution < 1.29 is 4.74 Å². The van der Waals surface area contributed by atoms with E-state index in [1.165, 1.54) is 31.5 Å². The molecule has 0 aliphatic carbocycles. The third-order valence-electron chi connectivity index (χ3n) is 5.21. The average molecular weight is 363 g/mol. The van der Waals surface area contributed by atoms with Gasteiger partial charge in [-0.05, 0) is 57.6 Å². The lowest BCUT2D eigenvalue weighted by Gasteiger charge is -2.33. The van der Waals surface area contributed by atoms with Gasteiger partial charge in [-0.1, -0.05) is 0 Å². The Balaban J connectivity index is 1.51. The molecule has 0 amide bonds. The van der Waals surface area contributed by atoms with Gasteiger partial charge in [0, 0.05) is 37.4 Å². The minimum atomic E-state index is 0.0607. The minimum Gasteiger partial charge on any atom is -0.496 e. The Kier molecular flexibility index (Phi) is 7.52. The maximum absolute atomic E-state index is 5.54. The zero-order valence-electron chi connectivity index (χ0n) is 16.1. The van der Waals surface area contributed by atoms with E-state index in [0.29, 0.717) is 6.17 Å². The molecule has 0 aromatic heterocycles. The Morgan fingerprint density at radius 1 is 1.27 bits per heavy atom. The Hall–Kier alpha value is -1.38. The lowest BCUT2D eigenvalue weighted by molar-refractivity contribution is 0.295. The molecule has 2 saturated heterocycles. The predicted octanol–water partition coefficient (Wildman–Crippen LogP) is 0.705. The Bertz CT molecular complexity index is 549. The molecule has 2 aliphatic rings. The summed E-state index contributed by atoms with van der Waals surface area (Å²) < 4.78 is 5.54. The van der Waals surface area contributed by atoms with E-state index >= 15 is 0 Å². The predicted molar refractivity (Wildman–Crippen MR) is 106 cm³/mol. The van der Waals surface area contributed by atoms with Crippen molar-refractivity contribution in [1.82, 2.24) is 26.2 Å². The summed E-state index contributed by atoms with van der Waals surface area (Å²) in [5, 5.41) is 17.3. The third-order valence-corrected chi connectivity index (χ3v) is 5.21. The van der Waals surface area contributed by atoms with Crippen molar-refractivity contribution in [3.63, 3.8) is 0 Å². The molecule has 0 saturated carbocycles. The first kappa shape index (κ1) is 19.4. The van der Waals surface area contributed by atoms with E-state index < -0.39 is 0 Å². The summed E-state index contributed by atoms with van der Waals surface area (Å²) in [7, 11) is 3.72. The summed E-state index contributed by atoms with van der Waals surface area (Å²) in [6.07, 6.45) is 4.16. The van der Waals surface area contributed by atoms with Crippen LogP contribution in [0.25, 0.3) is 0 Å². The van der Waals surface area contributed by atoms with Gasteiger partial charge in [-0.3, -0.25) is 10.6 Å². The van der Waals surface area contributed by atoms with Crippen molar-refractivity contribution in [3.05, 3.63) is 23.8 Å². The summed E-state index contributed by atoms with van der Waals surface area (Å²) in [5.74, 6) is 0.932. The van der Waals surface area contributed by atoms with Crippen LogP contribution in [-0.2, 0) is 6.54 Å². The first-order chi connectivity index (χ1) is 12.8. The zero-order chi connectivity index (χ0) is 18.2. The molecule has 2 fully saturated rings. The van der Waals surface area contributed by atoms with Crippen LogP contribution in [0, 0.1) is 0 Å². The highest BCUT2D eigenvalue weighted by atomic mass is 16.5. The molecule has 7 nitrogen and oxygen atoms in total. The highest BCUT2D eigenvalue weighted by Crippen LogP contribution is 2.23. The van der Waals surface area contributed by atoms with Gasteiger partial charge >= 0.3 is 0 Å². The van der Waals surface area contributed by atoms with Crippen molar-refractivity contribution in [2.24, 2.45) is 0 Å². The van der Waals surface area contributed by atoms with E-state index in [1.54, 1.807) is 7.11 Å². The number of ether oxygens (including phenoxy) is 1. The quantitative estimate of drug-likeness (QED) is 0.414. The highest BCUT2D eigenvalue weighted by molar-refractivity contribution is 5.51. The number of likely N-dealkylation sites (tertiary alicyclic amines) is 1. The van der Waals surface area contributed by atoms with Crippen LogP contribution in [0.4, 0.5) is 5.69 Å². The van der Waals surface area contributed by atoms with Crippen LogP contribution in [-0.4, -0.2) is 64.2 Å². The molecule has 5 N–H and O–H groups in total. The van der Waals surface area contributed by atoms with E-state index in [9.17, 15) is 0 Å². The molecule has 146 valence electrons. The van der Waals surface area contributed by atoms with Crippen LogP contribution in [0.5, 0.6) is 5.75 Å². The average Bonchev–Trinajstić information content (AvgIpc) is 3.19. The summed E-state index contributed by atoms with van der Waals surface area (Å²) in [5.41, 5.74) is 2.27. The van der Waals surface area contributed by atoms with Gasteiger partial charge in [0.2, 0.25) is 0 Å². The van der Waals surface area contributed by atoms with Gasteiger partial charge in [-0.25, -0.2) is 0 Å². The maximum Gasteiger partial charge on any atom is 0.133 e. The molecule has 0 radical (unpaired) electrons. The first-order valence-electron chi connectivity index (χ1n) is 9.81. The van der Waals surface area contributed by atoms with Crippen LogP contribution in [0.3, 0.4) is 0 Å². The number of methoxy groups -OCH3 is 1. The number of hydrogen-bond acceptors (Lipinski definition) is 7. The van der Waals surface area contributed by atoms with Gasteiger partial charge in [0.25, 0.3) is 0 Å². The fourth-order valence-electron chi connectivity index (χ4n) is 3.68. The fourth-order valence-corrected chi connectivity index (χ4v) is 3.68. The van der Waals surface area contributed by atoms with Crippen molar-refractivity contribution in [2.45, 2.75) is 38.3 Å². The van der Waals surface area contributed by atoms with E-state index in [1.807, 2.05) is 13.1 Å². The number of nitrogens with one attached hydrogen (secondary N) is 5. The monoisotopic (exact) mass is 362 g/mol. The molecule has 7 heteroatoms. The lowest BCUT2D eigenvalue weighted by atomic mass is 10.1. The summed E-state index contributed by atoms with van der Waals surface area (Å²) in [6, 6.07) is 6.28. The molecular formula is C19H34N6O. The van der Waals surface area contributed by atoms with E-state index in [4.69, 9.17) is 4.74 Å². The number of hydrogen-bond donors (Lipinski definition) is 5. The second-order valence-electron chi connectivity index (χ2n) is 7.08. The zero-order valence-corrected chi connectivity index (χ0v) is 16.1. The fraction of sp³-hybridized carbons (Fsp3) is 0.684. The van der Waals surface area contributed by atoms with Crippen LogP contribution in [0.15, 0.2) is 18.2 Å². The molecule has 2 aliphatic heterocycles. The van der Waals surface area contributed by atoms with Gasteiger partial charge in [0.05, 0.1) is 13.3 Å². The van der Waals surface area contributed by atoms with Gasteiger partial charge in [-0.15, -0.1) is 0 Å². The molecule has 1 aromatic rings. The smallest absolute Gasteiger partial charge is 0.133 e. The number of benzene rings is 1. The van der Waals surface area contributed by atoms with Crippen LogP contribution >= 0.6 is 0 Å². The topological polar surface area (TPSA) is 72.6 Å². The molecule has 0 spiro atoms.